The van der Waals surface area contributed by atoms with E-state index >= 15 is 0 Å². The molecule has 1 unspecified atom stereocenters. The van der Waals surface area contributed by atoms with E-state index in [1.54, 1.807) is 24.1 Å². The van der Waals surface area contributed by atoms with Crippen LogP contribution in [0.3, 0.4) is 0 Å². The number of carbonyl (C=O) groups is 1. The predicted octanol–water partition coefficient (Wildman–Crippen LogP) is 2.27. The predicted molar refractivity (Wildman–Crippen MR) is 81.3 cm³/mol. The van der Waals surface area contributed by atoms with Gasteiger partial charge in [0.15, 0.2) is 0 Å². The largest absolute Gasteiger partial charge is 0.477 e. The van der Waals surface area contributed by atoms with Gasteiger partial charge in [-0.25, -0.2) is 13.2 Å². The number of sulfonamides is 1. The third-order valence-corrected chi connectivity index (χ3v) is 7.91. The second-order valence-electron chi connectivity index (χ2n) is 4.65. The van der Waals surface area contributed by atoms with Gasteiger partial charge in [0, 0.05) is 24.1 Å². The third kappa shape index (κ3) is 2.88. The monoisotopic (exact) mass is 335 g/mol. The normalized spacial score (nSPS) is 21.0. The first-order chi connectivity index (χ1) is 9.37. The highest BCUT2D eigenvalue weighted by molar-refractivity contribution is 8.00. The lowest BCUT2D eigenvalue weighted by Gasteiger charge is -2.31. The van der Waals surface area contributed by atoms with Crippen molar-refractivity contribution in [2.75, 3.05) is 18.8 Å². The Morgan fingerprint density at radius 2 is 2.25 bits per heavy atom. The average Bonchev–Trinajstić information content (AvgIpc) is 2.81. The van der Waals surface area contributed by atoms with Crippen molar-refractivity contribution in [3.05, 3.63) is 15.8 Å². The minimum atomic E-state index is -3.72. The standard InChI is InChI=1S/C12H17NO4S3/c1-3-9-6-13(4-5-18-9)20(16,17)11-8(2)7-19-10(11)12(14)15/h7,9H,3-6H2,1-2H3,(H,14,15). The van der Waals surface area contributed by atoms with E-state index in [-0.39, 0.29) is 15.0 Å². The minimum absolute atomic E-state index is 0.0308. The molecule has 1 aliphatic rings. The zero-order valence-corrected chi connectivity index (χ0v) is 13.8. The van der Waals surface area contributed by atoms with Gasteiger partial charge in [0.2, 0.25) is 10.0 Å². The van der Waals surface area contributed by atoms with Gasteiger partial charge in [-0.05, 0) is 24.3 Å². The highest BCUT2D eigenvalue weighted by Gasteiger charge is 2.35. The number of hydrogen-bond acceptors (Lipinski definition) is 5. The van der Waals surface area contributed by atoms with Crippen molar-refractivity contribution in [2.24, 2.45) is 0 Å². The first kappa shape index (κ1) is 15.8. The van der Waals surface area contributed by atoms with Crippen LogP contribution < -0.4 is 0 Å². The molecule has 0 bridgehead atoms. The molecule has 2 heterocycles. The number of carboxylic acids is 1. The molecule has 0 saturated carbocycles. The molecule has 8 heteroatoms. The van der Waals surface area contributed by atoms with Crippen LogP contribution in [0, 0.1) is 6.92 Å². The summed E-state index contributed by atoms with van der Waals surface area (Å²) in [5.74, 6) is -0.427. The van der Waals surface area contributed by atoms with Crippen molar-refractivity contribution in [3.8, 4) is 0 Å². The van der Waals surface area contributed by atoms with Crippen LogP contribution in [0.25, 0.3) is 0 Å². The Morgan fingerprint density at radius 1 is 1.55 bits per heavy atom. The second-order valence-corrected chi connectivity index (χ2v) is 8.81. The quantitative estimate of drug-likeness (QED) is 0.913. The summed E-state index contributed by atoms with van der Waals surface area (Å²) in [4.78, 5) is 11.1. The van der Waals surface area contributed by atoms with Crippen molar-refractivity contribution in [3.63, 3.8) is 0 Å². The van der Waals surface area contributed by atoms with Crippen molar-refractivity contribution < 1.29 is 18.3 Å². The van der Waals surface area contributed by atoms with Gasteiger partial charge in [0.1, 0.15) is 9.77 Å². The first-order valence-electron chi connectivity index (χ1n) is 6.31. The van der Waals surface area contributed by atoms with E-state index < -0.39 is 16.0 Å². The molecule has 0 aromatic carbocycles. The SMILES string of the molecule is CCC1CN(S(=O)(=O)c2c(C)csc2C(=O)O)CCS1. The summed E-state index contributed by atoms with van der Waals surface area (Å²) < 4.78 is 26.9. The molecule has 0 aliphatic carbocycles. The Labute approximate surface area is 127 Å². The maximum absolute atomic E-state index is 12.7. The van der Waals surface area contributed by atoms with E-state index in [0.29, 0.717) is 18.7 Å². The Balaban J connectivity index is 2.40. The van der Waals surface area contributed by atoms with E-state index in [1.165, 1.54) is 4.31 Å². The molecule has 0 spiro atoms. The Bertz CT molecular complexity index is 608. The highest BCUT2D eigenvalue weighted by atomic mass is 32.2. The van der Waals surface area contributed by atoms with Crippen molar-refractivity contribution in [1.82, 2.24) is 4.31 Å². The number of hydrogen-bond donors (Lipinski definition) is 1. The number of nitrogens with zero attached hydrogens (tertiary/aromatic N) is 1. The first-order valence-corrected chi connectivity index (χ1v) is 9.68. The van der Waals surface area contributed by atoms with Gasteiger partial charge in [0.25, 0.3) is 0 Å². The molecule has 1 saturated heterocycles. The van der Waals surface area contributed by atoms with E-state index in [4.69, 9.17) is 5.11 Å². The lowest BCUT2D eigenvalue weighted by atomic mass is 10.3. The molecule has 1 fully saturated rings. The summed E-state index contributed by atoms with van der Waals surface area (Å²) in [5, 5.41) is 11.0. The highest BCUT2D eigenvalue weighted by Crippen LogP contribution is 2.32. The van der Waals surface area contributed by atoms with Crippen LogP contribution in [-0.2, 0) is 10.0 Å². The van der Waals surface area contributed by atoms with Crippen LogP contribution in [0.2, 0.25) is 0 Å². The van der Waals surface area contributed by atoms with Crippen LogP contribution in [0.4, 0.5) is 0 Å². The van der Waals surface area contributed by atoms with E-state index in [1.807, 2.05) is 6.92 Å². The average molecular weight is 335 g/mol. The van der Waals surface area contributed by atoms with E-state index in [2.05, 4.69) is 0 Å². The third-order valence-electron chi connectivity index (χ3n) is 3.27. The fourth-order valence-corrected chi connectivity index (χ4v) is 6.65. The number of thiophene rings is 1. The molecule has 5 nitrogen and oxygen atoms in total. The van der Waals surface area contributed by atoms with Gasteiger partial charge in [0.05, 0.1) is 0 Å². The van der Waals surface area contributed by atoms with Crippen LogP contribution >= 0.6 is 23.1 Å². The zero-order valence-electron chi connectivity index (χ0n) is 11.3. The van der Waals surface area contributed by atoms with Gasteiger partial charge < -0.3 is 5.11 Å². The molecule has 1 aliphatic heterocycles. The van der Waals surface area contributed by atoms with Gasteiger partial charge in [-0.1, -0.05) is 6.92 Å². The van der Waals surface area contributed by atoms with Crippen LogP contribution in [0.5, 0.6) is 0 Å². The molecule has 1 aromatic heterocycles. The second kappa shape index (κ2) is 6.05. The van der Waals surface area contributed by atoms with Crippen molar-refractivity contribution in [1.29, 1.82) is 0 Å². The summed E-state index contributed by atoms with van der Waals surface area (Å²) >= 11 is 2.75. The van der Waals surface area contributed by atoms with E-state index in [0.717, 1.165) is 23.5 Å². The molecule has 1 atom stereocenters. The summed E-state index contributed by atoms with van der Waals surface area (Å²) in [6.45, 7) is 4.58. The maximum Gasteiger partial charge on any atom is 0.347 e. The lowest BCUT2D eigenvalue weighted by molar-refractivity contribution is 0.0698. The van der Waals surface area contributed by atoms with Gasteiger partial charge in [-0.2, -0.15) is 16.1 Å². The molecule has 1 N–H and O–H groups in total. The number of thioether (sulfide) groups is 1. The van der Waals surface area contributed by atoms with Crippen LogP contribution in [-0.4, -0.2) is 47.9 Å². The molecular formula is C12H17NO4S3. The number of aromatic carboxylic acids is 1. The van der Waals surface area contributed by atoms with Crippen LogP contribution in [0.1, 0.15) is 28.6 Å². The molecule has 0 amide bonds. The summed E-state index contributed by atoms with van der Waals surface area (Å²) in [7, 11) is -3.72. The van der Waals surface area contributed by atoms with E-state index in [9.17, 15) is 13.2 Å². The fourth-order valence-electron chi connectivity index (χ4n) is 2.19. The van der Waals surface area contributed by atoms with Crippen molar-refractivity contribution >= 4 is 39.1 Å². The van der Waals surface area contributed by atoms with Crippen molar-refractivity contribution in [2.45, 2.75) is 30.4 Å². The molecule has 20 heavy (non-hydrogen) atoms. The maximum atomic E-state index is 12.7. The topological polar surface area (TPSA) is 74.7 Å². The molecular weight excluding hydrogens is 318 g/mol. The summed E-state index contributed by atoms with van der Waals surface area (Å²) in [6.07, 6.45) is 0.908. The Kier molecular flexibility index (Phi) is 4.78. The van der Waals surface area contributed by atoms with Gasteiger partial charge in [-0.15, -0.1) is 11.3 Å². The minimum Gasteiger partial charge on any atom is -0.477 e. The van der Waals surface area contributed by atoms with Gasteiger partial charge >= 0.3 is 5.97 Å². The molecule has 112 valence electrons. The summed E-state index contributed by atoms with van der Waals surface area (Å²) in [5.41, 5.74) is 0.513. The lowest BCUT2D eigenvalue weighted by Crippen LogP contribution is -2.42. The van der Waals surface area contributed by atoms with Crippen LogP contribution in [0.15, 0.2) is 10.3 Å². The summed E-state index contributed by atoms with van der Waals surface area (Å²) in [6, 6.07) is 0. The Hall–Kier alpha value is -0.570. The van der Waals surface area contributed by atoms with Gasteiger partial charge in [-0.3, -0.25) is 0 Å². The molecule has 0 radical (unpaired) electrons. The number of rotatable bonds is 4. The Morgan fingerprint density at radius 3 is 2.85 bits per heavy atom. The molecule has 2 rings (SSSR count). The smallest absolute Gasteiger partial charge is 0.347 e. The number of aryl methyl sites for hydroxylation is 1. The fraction of sp³-hybridized carbons (Fsp3) is 0.583. The zero-order chi connectivity index (χ0) is 14.9. The molecule has 1 aromatic rings. The number of carboxylic acid groups (broad SMARTS) is 1.